The first-order chi connectivity index (χ1) is 6.13. The molecule has 76 valence electrons. The molecule has 2 fully saturated rings. The Morgan fingerprint density at radius 3 is 2.23 bits per heavy atom. The summed E-state index contributed by atoms with van der Waals surface area (Å²) in [4.78, 5) is 2.68. The van der Waals surface area contributed by atoms with E-state index in [1.165, 1.54) is 32.6 Å². The fraction of sp³-hybridized carbons (Fsp3) is 1.00. The maximum Gasteiger partial charge on any atom is 0.0150 e. The monoisotopic (exact) mass is 182 g/mol. The zero-order valence-electron chi connectivity index (χ0n) is 9.14. The topological polar surface area (TPSA) is 15.3 Å². The Kier molecular flexibility index (Phi) is 2.37. The molecule has 2 unspecified atom stereocenters. The van der Waals surface area contributed by atoms with Gasteiger partial charge in [-0.25, -0.2) is 0 Å². The minimum atomic E-state index is 0.421. The van der Waals surface area contributed by atoms with Crippen molar-refractivity contribution in [3.63, 3.8) is 0 Å². The number of likely N-dealkylation sites (tertiary alicyclic amines) is 1. The number of rotatable bonds is 2. The van der Waals surface area contributed by atoms with Crippen LogP contribution in [-0.4, -0.2) is 36.6 Å². The molecule has 0 aromatic rings. The third-order valence-corrected chi connectivity index (χ3v) is 4.11. The standard InChI is InChI=1S/C11H22N2/c1-4-11(2,3)13-7-9-5-12-6-10(9)8-13/h9-10,12H,4-8H2,1-3H3. The van der Waals surface area contributed by atoms with Crippen LogP contribution in [-0.2, 0) is 0 Å². The molecule has 2 rings (SSSR count). The molecule has 0 amide bonds. The van der Waals surface area contributed by atoms with Crippen LogP contribution in [0.15, 0.2) is 0 Å². The maximum absolute atomic E-state index is 3.49. The second kappa shape index (κ2) is 3.25. The van der Waals surface area contributed by atoms with Gasteiger partial charge in [0.1, 0.15) is 0 Å². The van der Waals surface area contributed by atoms with Gasteiger partial charge in [-0.1, -0.05) is 6.92 Å². The fourth-order valence-electron chi connectivity index (χ4n) is 2.57. The summed E-state index contributed by atoms with van der Waals surface area (Å²) in [5.74, 6) is 1.87. The Morgan fingerprint density at radius 1 is 1.23 bits per heavy atom. The highest BCUT2D eigenvalue weighted by molar-refractivity contribution is 4.96. The number of nitrogens with zero attached hydrogens (tertiary/aromatic N) is 1. The molecule has 2 nitrogen and oxygen atoms in total. The Morgan fingerprint density at radius 2 is 1.77 bits per heavy atom. The van der Waals surface area contributed by atoms with Crippen LogP contribution in [0.5, 0.6) is 0 Å². The molecular formula is C11H22N2. The largest absolute Gasteiger partial charge is 0.316 e. The molecule has 0 aromatic carbocycles. The van der Waals surface area contributed by atoms with Gasteiger partial charge in [-0.05, 0) is 45.2 Å². The van der Waals surface area contributed by atoms with Crippen molar-refractivity contribution in [2.24, 2.45) is 11.8 Å². The molecule has 2 aliphatic rings. The van der Waals surface area contributed by atoms with Crippen LogP contribution in [0.3, 0.4) is 0 Å². The summed E-state index contributed by atoms with van der Waals surface area (Å²) >= 11 is 0. The third kappa shape index (κ3) is 1.62. The van der Waals surface area contributed by atoms with Crippen molar-refractivity contribution < 1.29 is 0 Å². The van der Waals surface area contributed by atoms with Crippen LogP contribution in [0, 0.1) is 11.8 Å². The quantitative estimate of drug-likeness (QED) is 0.693. The average molecular weight is 182 g/mol. The summed E-state index contributed by atoms with van der Waals surface area (Å²) in [5, 5.41) is 3.49. The van der Waals surface area contributed by atoms with Crippen molar-refractivity contribution in [3.8, 4) is 0 Å². The van der Waals surface area contributed by atoms with Crippen molar-refractivity contribution in [2.45, 2.75) is 32.7 Å². The van der Waals surface area contributed by atoms with Gasteiger partial charge in [0.15, 0.2) is 0 Å². The van der Waals surface area contributed by atoms with E-state index in [-0.39, 0.29) is 0 Å². The summed E-state index contributed by atoms with van der Waals surface area (Å²) in [7, 11) is 0. The molecule has 2 atom stereocenters. The van der Waals surface area contributed by atoms with E-state index in [0.29, 0.717) is 5.54 Å². The molecule has 0 bridgehead atoms. The number of hydrogen-bond donors (Lipinski definition) is 1. The van der Waals surface area contributed by atoms with Crippen molar-refractivity contribution in [2.75, 3.05) is 26.2 Å². The normalized spacial score (nSPS) is 35.3. The lowest BCUT2D eigenvalue weighted by Crippen LogP contribution is -2.43. The van der Waals surface area contributed by atoms with E-state index in [2.05, 4.69) is 31.0 Å². The van der Waals surface area contributed by atoms with Gasteiger partial charge < -0.3 is 5.32 Å². The van der Waals surface area contributed by atoms with E-state index in [9.17, 15) is 0 Å². The molecule has 2 aliphatic heterocycles. The molecule has 0 aromatic heterocycles. The summed E-state index contributed by atoms with van der Waals surface area (Å²) in [6.07, 6.45) is 1.26. The van der Waals surface area contributed by atoms with E-state index >= 15 is 0 Å². The molecule has 2 heterocycles. The van der Waals surface area contributed by atoms with Crippen molar-refractivity contribution >= 4 is 0 Å². The van der Waals surface area contributed by atoms with Gasteiger partial charge in [-0.3, -0.25) is 4.90 Å². The Labute approximate surface area is 81.7 Å². The summed E-state index contributed by atoms with van der Waals surface area (Å²) in [5.41, 5.74) is 0.421. The van der Waals surface area contributed by atoms with Gasteiger partial charge in [0, 0.05) is 18.6 Å². The first-order valence-electron chi connectivity index (χ1n) is 5.59. The number of hydrogen-bond acceptors (Lipinski definition) is 2. The molecule has 1 N–H and O–H groups in total. The third-order valence-electron chi connectivity index (χ3n) is 4.11. The summed E-state index contributed by atoms with van der Waals surface area (Å²) in [6.45, 7) is 12.2. The minimum absolute atomic E-state index is 0.421. The van der Waals surface area contributed by atoms with Crippen LogP contribution in [0.25, 0.3) is 0 Å². The lowest BCUT2D eigenvalue weighted by Gasteiger charge is -2.35. The van der Waals surface area contributed by atoms with E-state index in [4.69, 9.17) is 0 Å². The van der Waals surface area contributed by atoms with Gasteiger partial charge in [-0.2, -0.15) is 0 Å². The highest BCUT2D eigenvalue weighted by atomic mass is 15.2. The first kappa shape index (κ1) is 9.47. The second-order valence-electron chi connectivity index (χ2n) is 5.25. The average Bonchev–Trinajstić information content (AvgIpc) is 2.61. The fourth-order valence-corrected chi connectivity index (χ4v) is 2.57. The molecule has 2 saturated heterocycles. The summed E-state index contributed by atoms with van der Waals surface area (Å²) in [6, 6.07) is 0. The molecular weight excluding hydrogens is 160 g/mol. The SMILES string of the molecule is CCC(C)(C)N1CC2CNCC2C1. The minimum Gasteiger partial charge on any atom is -0.316 e. The Bertz CT molecular complexity index is 177. The molecule has 0 radical (unpaired) electrons. The second-order valence-corrected chi connectivity index (χ2v) is 5.25. The molecule has 0 saturated carbocycles. The van der Waals surface area contributed by atoms with Crippen LogP contribution in [0.4, 0.5) is 0 Å². The number of nitrogens with one attached hydrogen (secondary N) is 1. The van der Waals surface area contributed by atoms with Gasteiger partial charge in [-0.15, -0.1) is 0 Å². The lowest BCUT2D eigenvalue weighted by molar-refractivity contribution is 0.138. The van der Waals surface area contributed by atoms with Crippen LogP contribution in [0.1, 0.15) is 27.2 Å². The van der Waals surface area contributed by atoms with Gasteiger partial charge >= 0.3 is 0 Å². The van der Waals surface area contributed by atoms with E-state index < -0.39 is 0 Å². The van der Waals surface area contributed by atoms with E-state index in [1.54, 1.807) is 0 Å². The molecule has 0 aliphatic carbocycles. The predicted octanol–water partition coefficient (Wildman–Crippen LogP) is 1.33. The first-order valence-corrected chi connectivity index (χ1v) is 5.59. The molecule has 2 heteroatoms. The van der Waals surface area contributed by atoms with Gasteiger partial charge in [0.05, 0.1) is 0 Å². The Hall–Kier alpha value is -0.0800. The highest BCUT2D eigenvalue weighted by Crippen LogP contribution is 2.32. The van der Waals surface area contributed by atoms with E-state index in [1.807, 2.05) is 0 Å². The highest BCUT2D eigenvalue weighted by Gasteiger charge is 2.40. The van der Waals surface area contributed by atoms with Crippen LogP contribution in [0.2, 0.25) is 0 Å². The van der Waals surface area contributed by atoms with E-state index in [0.717, 1.165) is 11.8 Å². The predicted molar refractivity (Wildman–Crippen MR) is 55.8 cm³/mol. The van der Waals surface area contributed by atoms with Crippen molar-refractivity contribution in [1.82, 2.24) is 10.2 Å². The lowest BCUT2D eigenvalue weighted by atomic mass is 10.00. The van der Waals surface area contributed by atoms with Crippen molar-refractivity contribution in [3.05, 3.63) is 0 Å². The molecule has 13 heavy (non-hydrogen) atoms. The maximum atomic E-state index is 3.49. The zero-order valence-corrected chi connectivity index (χ0v) is 9.14. The van der Waals surface area contributed by atoms with Crippen LogP contribution >= 0.6 is 0 Å². The number of fused-ring (bicyclic) bond motifs is 1. The van der Waals surface area contributed by atoms with Crippen molar-refractivity contribution in [1.29, 1.82) is 0 Å². The van der Waals surface area contributed by atoms with Gasteiger partial charge in [0.25, 0.3) is 0 Å². The molecule has 0 spiro atoms. The smallest absolute Gasteiger partial charge is 0.0150 e. The zero-order chi connectivity index (χ0) is 9.47. The van der Waals surface area contributed by atoms with Gasteiger partial charge in [0.2, 0.25) is 0 Å². The summed E-state index contributed by atoms with van der Waals surface area (Å²) < 4.78 is 0. The Balaban J connectivity index is 1.98. The van der Waals surface area contributed by atoms with Crippen LogP contribution < -0.4 is 5.32 Å².